The lowest BCUT2D eigenvalue weighted by molar-refractivity contribution is -0.133. The molecule has 132 valence electrons. The monoisotopic (exact) mass is 381 g/mol. The van der Waals surface area contributed by atoms with Crippen molar-refractivity contribution < 1.29 is 9.59 Å². The molecule has 0 saturated carbocycles. The molecule has 5 heteroatoms. The first-order valence-electron chi connectivity index (χ1n) is 8.71. The molecule has 3 nitrogen and oxygen atoms in total. The number of fused-ring (bicyclic) bond motifs is 1. The van der Waals surface area contributed by atoms with Gasteiger partial charge in [-0.15, -0.1) is 22.7 Å². The third-order valence-corrected chi connectivity index (χ3v) is 6.68. The summed E-state index contributed by atoms with van der Waals surface area (Å²) in [5, 5.41) is 4.16. The second-order valence-electron chi connectivity index (χ2n) is 6.34. The molecule has 1 atom stereocenters. The molecular weight excluding hydrogens is 362 g/mol. The van der Waals surface area contributed by atoms with Crippen LogP contribution in [0.4, 0.5) is 0 Å². The molecule has 1 aliphatic heterocycles. The first kappa shape index (κ1) is 17.2. The van der Waals surface area contributed by atoms with E-state index in [9.17, 15) is 9.59 Å². The van der Waals surface area contributed by atoms with Gasteiger partial charge in [-0.25, -0.2) is 0 Å². The average molecular weight is 382 g/mol. The van der Waals surface area contributed by atoms with Gasteiger partial charge in [0.15, 0.2) is 5.78 Å². The lowest BCUT2D eigenvalue weighted by atomic mass is 9.97. The molecule has 0 fully saturated rings. The third-order valence-electron chi connectivity index (χ3n) is 4.76. The Bertz CT molecular complexity index is 899. The predicted octanol–water partition coefficient (Wildman–Crippen LogP) is 4.95. The van der Waals surface area contributed by atoms with Crippen molar-refractivity contribution in [3.8, 4) is 0 Å². The second-order valence-corrected chi connectivity index (χ2v) is 8.32. The van der Waals surface area contributed by atoms with Gasteiger partial charge in [-0.3, -0.25) is 9.59 Å². The lowest BCUT2D eigenvalue weighted by Gasteiger charge is -2.35. The van der Waals surface area contributed by atoms with Gasteiger partial charge >= 0.3 is 0 Å². The third kappa shape index (κ3) is 3.37. The number of nitrogens with zero attached hydrogens (tertiary/aromatic N) is 1. The molecule has 0 aliphatic carbocycles. The Balaban J connectivity index is 1.51. The second kappa shape index (κ2) is 7.56. The fourth-order valence-corrected chi connectivity index (χ4v) is 5.23. The van der Waals surface area contributed by atoms with Gasteiger partial charge in [-0.05, 0) is 34.9 Å². The number of carbonyl (C=O) groups is 2. The van der Waals surface area contributed by atoms with E-state index in [1.165, 1.54) is 15.3 Å². The summed E-state index contributed by atoms with van der Waals surface area (Å²) < 4.78 is 0. The summed E-state index contributed by atoms with van der Waals surface area (Å²) in [6, 6.07) is 15.5. The van der Waals surface area contributed by atoms with Crippen molar-refractivity contribution in [2.75, 3.05) is 6.54 Å². The summed E-state index contributed by atoms with van der Waals surface area (Å²) in [7, 11) is 0. The number of amides is 1. The van der Waals surface area contributed by atoms with E-state index in [0.717, 1.165) is 6.42 Å². The number of benzene rings is 1. The molecule has 3 aromatic rings. The standard InChI is InChI=1S/C21H19NO2S2/c23-17(15-5-2-1-3-6-15)8-9-20(24)22-12-10-18-16(11-14-26-18)21(22)19-7-4-13-25-19/h1-7,11,13-14,21H,8-10,12H2/t21-/m0/s1. The van der Waals surface area contributed by atoms with Crippen LogP contribution in [-0.4, -0.2) is 23.1 Å². The molecule has 0 unspecified atom stereocenters. The van der Waals surface area contributed by atoms with Crippen LogP contribution in [0.2, 0.25) is 0 Å². The Morgan fingerprint density at radius 2 is 1.81 bits per heavy atom. The average Bonchev–Trinajstić information content (AvgIpc) is 3.37. The first-order valence-corrected chi connectivity index (χ1v) is 10.5. The highest BCUT2D eigenvalue weighted by Gasteiger charge is 2.33. The van der Waals surface area contributed by atoms with Crippen molar-refractivity contribution in [2.45, 2.75) is 25.3 Å². The van der Waals surface area contributed by atoms with E-state index >= 15 is 0 Å². The van der Waals surface area contributed by atoms with E-state index in [-0.39, 0.29) is 30.6 Å². The van der Waals surface area contributed by atoms with E-state index in [2.05, 4.69) is 22.9 Å². The Morgan fingerprint density at radius 3 is 2.58 bits per heavy atom. The molecule has 0 N–H and O–H groups in total. The van der Waals surface area contributed by atoms with E-state index in [1.807, 2.05) is 29.2 Å². The summed E-state index contributed by atoms with van der Waals surface area (Å²) >= 11 is 3.45. The zero-order valence-corrected chi connectivity index (χ0v) is 15.9. The molecule has 1 aromatic carbocycles. The topological polar surface area (TPSA) is 37.4 Å². The molecule has 1 amide bonds. The van der Waals surface area contributed by atoms with Crippen LogP contribution in [0.15, 0.2) is 59.3 Å². The number of rotatable bonds is 5. The Kier molecular flexibility index (Phi) is 5.00. The maximum absolute atomic E-state index is 13.0. The zero-order chi connectivity index (χ0) is 17.9. The fourth-order valence-electron chi connectivity index (χ4n) is 3.47. The Labute approximate surface area is 160 Å². The van der Waals surface area contributed by atoms with Crippen LogP contribution in [-0.2, 0) is 11.2 Å². The van der Waals surface area contributed by atoms with Crippen molar-refractivity contribution in [2.24, 2.45) is 0 Å². The molecule has 2 aromatic heterocycles. The number of carbonyl (C=O) groups excluding carboxylic acids is 2. The highest BCUT2D eigenvalue weighted by molar-refractivity contribution is 7.10. The normalized spacial score (nSPS) is 16.3. The van der Waals surface area contributed by atoms with E-state index in [0.29, 0.717) is 12.1 Å². The quantitative estimate of drug-likeness (QED) is 0.587. The van der Waals surface area contributed by atoms with Crippen LogP contribution in [0.3, 0.4) is 0 Å². The van der Waals surface area contributed by atoms with Crippen molar-refractivity contribution in [1.82, 2.24) is 4.90 Å². The molecule has 3 heterocycles. The maximum Gasteiger partial charge on any atom is 0.223 e. The summed E-state index contributed by atoms with van der Waals surface area (Å²) in [4.78, 5) is 29.8. The van der Waals surface area contributed by atoms with Gasteiger partial charge in [0.1, 0.15) is 0 Å². The highest BCUT2D eigenvalue weighted by Crippen LogP contribution is 2.39. The largest absolute Gasteiger partial charge is 0.330 e. The van der Waals surface area contributed by atoms with Crippen molar-refractivity contribution >= 4 is 34.4 Å². The van der Waals surface area contributed by atoms with E-state index in [4.69, 9.17) is 0 Å². The summed E-state index contributed by atoms with van der Waals surface area (Å²) in [5.41, 5.74) is 1.92. The summed E-state index contributed by atoms with van der Waals surface area (Å²) in [6.07, 6.45) is 1.41. The van der Waals surface area contributed by atoms with Gasteiger partial charge in [0, 0.05) is 34.7 Å². The molecule has 0 bridgehead atoms. The maximum atomic E-state index is 13.0. The molecule has 0 saturated heterocycles. The highest BCUT2D eigenvalue weighted by atomic mass is 32.1. The molecule has 0 spiro atoms. The van der Waals surface area contributed by atoms with Crippen LogP contribution >= 0.6 is 22.7 Å². The van der Waals surface area contributed by atoms with Gasteiger partial charge in [0.05, 0.1) is 6.04 Å². The number of Topliss-reactive ketones (excluding diaryl/α,β-unsaturated/α-hetero) is 1. The SMILES string of the molecule is O=C(CCC(=O)N1CCc2sccc2[C@H]1c1cccs1)c1ccccc1. The first-order chi connectivity index (χ1) is 12.7. The van der Waals surface area contributed by atoms with E-state index < -0.39 is 0 Å². The number of hydrogen-bond donors (Lipinski definition) is 0. The summed E-state index contributed by atoms with van der Waals surface area (Å²) in [6.45, 7) is 0.717. The predicted molar refractivity (Wildman–Crippen MR) is 106 cm³/mol. The number of hydrogen-bond acceptors (Lipinski definition) is 4. The Hall–Kier alpha value is -2.24. The van der Waals surface area contributed by atoms with Gasteiger partial charge in [0.25, 0.3) is 0 Å². The molecule has 1 aliphatic rings. The minimum Gasteiger partial charge on any atom is -0.330 e. The molecular formula is C21H19NO2S2. The lowest BCUT2D eigenvalue weighted by Crippen LogP contribution is -2.39. The summed E-state index contributed by atoms with van der Waals surface area (Å²) in [5.74, 6) is 0.0874. The van der Waals surface area contributed by atoms with Crippen molar-refractivity contribution in [3.63, 3.8) is 0 Å². The molecule has 26 heavy (non-hydrogen) atoms. The van der Waals surface area contributed by atoms with Crippen molar-refractivity contribution in [1.29, 1.82) is 0 Å². The number of ketones is 1. The van der Waals surface area contributed by atoms with Crippen LogP contribution in [0, 0.1) is 0 Å². The van der Waals surface area contributed by atoms with Gasteiger partial charge in [-0.2, -0.15) is 0 Å². The molecule has 4 rings (SSSR count). The fraction of sp³-hybridized carbons (Fsp3) is 0.238. The van der Waals surface area contributed by atoms with Crippen LogP contribution in [0.25, 0.3) is 0 Å². The van der Waals surface area contributed by atoms with Gasteiger partial charge in [0.2, 0.25) is 5.91 Å². The molecule has 0 radical (unpaired) electrons. The smallest absolute Gasteiger partial charge is 0.223 e. The number of thiophene rings is 2. The van der Waals surface area contributed by atoms with Gasteiger partial charge in [-0.1, -0.05) is 36.4 Å². The zero-order valence-electron chi connectivity index (χ0n) is 14.3. The van der Waals surface area contributed by atoms with Gasteiger partial charge < -0.3 is 4.90 Å². The minimum absolute atomic E-state index is 0.00988. The van der Waals surface area contributed by atoms with Crippen LogP contribution in [0.1, 0.15) is 44.6 Å². The van der Waals surface area contributed by atoms with Crippen molar-refractivity contribution in [3.05, 3.63) is 80.2 Å². The minimum atomic E-state index is -0.00988. The Morgan fingerprint density at radius 1 is 0.962 bits per heavy atom. The van der Waals surface area contributed by atoms with Crippen LogP contribution < -0.4 is 0 Å². The van der Waals surface area contributed by atoms with Crippen LogP contribution in [0.5, 0.6) is 0 Å². The van der Waals surface area contributed by atoms with E-state index in [1.54, 1.807) is 34.8 Å².